The lowest BCUT2D eigenvalue weighted by atomic mass is 9.89. The lowest BCUT2D eigenvalue weighted by molar-refractivity contribution is 0.0690. The molecule has 0 unspecified atom stereocenters. The van der Waals surface area contributed by atoms with Crippen molar-refractivity contribution >= 4 is 11.9 Å². The number of carbonyl (C=O) groups excluding carboxylic acids is 1. The zero-order valence-corrected chi connectivity index (χ0v) is 11.0. The van der Waals surface area contributed by atoms with Crippen molar-refractivity contribution in [3.05, 3.63) is 29.6 Å². The normalized spacial score (nSPS) is 17.1. The zero-order valence-electron chi connectivity index (χ0n) is 11.0. The second kappa shape index (κ2) is 5.38. The van der Waals surface area contributed by atoms with Crippen molar-refractivity contribution in [2.75, 3.05) is 6.54 Å². The third kappa shape index (κ3) is 3.30. The van der Waals surface area contributed by atoms with E-state index in [4.69, 9.17) is 5.11 Å². The Morgan fingerprint density at radius 3 is 2.74 bits per heavy atom. The second-order valence-corrected chi connectivity index (χ2v) is 5.44. The Labute approximate surface area is 112 Å². The Morgan fingerprint density at radius 2 is 2.11 bits per heavy atom. The predicted molar refractivity (Wildman–Crippen MR) is 70.1 cm³/mol. The molecular weight excluding hydrogens is 244 g/mol. The second-order valence-electron chi connectivity index (χ2n) is 5.44. The van der Waals surface area contributed by atoms with Crippen LogP contribution in [0.2, 0.25) is 0 Å². The molecule has 5 nitrogen and oxygen atoms in total. The number of nitrogens with one attached hydrogen (secondary N) is 1. The number of hydrogen-bond acceptors (Lipinski definition) is 3. The van der Waals surface area contributed by atoms with Crippen LogP contribution >= 0.6 is 0 Å². The third-order valence-corrected chi connectivity index (χ3v) is 3.73. The van der Waals surface area contributed by atoms with Gasteiger partial charge in [-0.05, 0) is 30.4 Å². The molecule has 0 radical (unpaired) electrons. The van der Waals surface area contributed by atoms with Gasteiger partial charge in [0.15, 0.2) is 0 Å². The summed E-state index contributed by atoms with van der Waals surface area (Å²) in [5, 5.41) is 11.7. The summed E-state index contributed by atoms with van der Waals surface area (Å²) in [6, 6.07) is 2.83. The van der Waals surface area contributed by atoms with Crippen LogP contribution < -0.4 is 5.32 Å². The van der Waals surface area contributed by atoms with Crippen molar-refractivity contribution in [2.45, 2.75) is 32.6 Å². The number of rotatable bonds is 4. The summed E-state index contributed by atoms with van der Waals surface area (Å²) >= 11 is 0. The minimum absolute atomic E-state index is 0.111. The van der Waals surface area contributed by atoms with Crippen molar-refractivity contribution in [3.8, 4) is 0 Å². The summed E-state index contributed by atoms with van der Waals surface area (Å²) in [6.45, 7) is 2.81. The lowest BCUT2D eigenvalue weighted by Crippen LogP contribution is -2.34. The topological polar surface area (TPSA) is 79.3 Å². The predicted octanol–water partition coefficient (Wildman–Crippen LogP) is 2.09. The minimum atomic E-state index is -1.13. The molecule has 0 saturated heterocycles. The molecule has 102 valence electrons. The number of amides is 1. The van der Waals surface area contributed by atoms with Crippen LogP contribution in [0.15, 0.2) is 18.3 Å². The Bertz CT molecular complexity index is 493. The van der Waals surface area contributed by atoms with Gasteiger partial charge < -0.3 is 10.4 Å². The molecule has 1 aromatic rings. The largest absolute Gasteiger partial charge is 0.477 e. The minimum Gasteiger partial charge on any atom is -0.477 e. The molecule has 1 aromatic heterocycles. The summed E-state index contributed by atoms with van der Waals surface area (Å²) < 4.78 is 0. The van der Waals surface area contributed by atoms with Gasteiger partial charge in [-0.25, -0.2) is 9.78 Å². The highest BCUT2D eigenvalue weighted by atomic mass is 16.4. The van der Waals surface area contributed by atoms with Gasteiger partial charge >= 0.3 is 5.97 Å². The van der Waals surface area contributed by atoms with E-state index in [9.17, 15) is 9.59 Å². The molecule has 1 aliphatic carbocycles. The van der Waals surface area contributed by atoms with E-state index < -0.39 is 5.97 Å². The van der Waals surface area contributed by atoms with E-state index in [2.05, 4.69) is 17.2 Å². The first kappa shape index (κ1) is 13.5. The van der Waals surface area contributed by atoms with Crippen molar-refractivity contribution in [3.63, 3.8) is 0 Å². The molecule has 1 fully saturated rings. The van der Waals surface area contributed by atoms with Crippen LogP contribution in [-0.2, 0) is 0 Å². The van der Waals surface area contributed by atoms with Gasteiger partial charge in [0, 0.05) is 18.3 Å². The molecule has 2 N–H and O–H groups in total. The number of pyridine rings is 1. The Balaban J connectivity index is 1.99. The van der Waals surface area contributed by atoms with Crippen molar-refractivity contribution in [2.24, 2.45) is 5.41 Å². The molecule has 0 bridgehead atoms. The highest BCUT2D eigenvalue weighted by Crippen LogP contribution is 2.36. The number of aromatic carboxylic acids is 1. The summed E-state index contributed by atoms with van der Waals surface area (Å²) in [5.74, 6) is -1.37. The quantitative estimate of drug-likeness (QED) is 0.870. The maximum Gasteiger partial charge on any atom is 0.354 e. The number of nitrogens with zero attached hydrogens (tertiary/aromatic N) is 1. The van der Waals surface area contributed by atoms with Crippen LogP contribution in [0.1, 0.15) is 53.5 Å². The Kier molecular flexibility index (Phi) is 3.83. The Morgan fingerprint density at radius 1 is 1.42 bits per heavy atom. The first-order valence-corrected chi connectivity index (χ1v) is 6.48. The van der Waals surface area contributed by atoms with Gasteiger partial charge in [0.1, 0.15) is 5.69 Å². The van der Waals surface area contributed by atoms with Crippen molar-refractivity contribution in [1.82, 2.24) is 10.3 Å². The summed E-state index contributed by atoms with van der Waals surface area (Å²) in [4.78, 5) is 26.5. The van der Waals surface area contributed by atoms with Gasteiger partial charge in [-0.2, -0.15) is 0 Å². The van der Waals surface area contributed by atoms with Crippen LogP contribution in [0.5, 0.6) is 0 Å². The molecule has 2 rings (SSSR count). The van der Waals surface area contributed by atoms with E-state index in [1.54, 1.807) is 0 Å². The highest BCUT2D eigenvalue weighted by Gasteiger charge is 2.29. The summed E-state index contributed by atoms with van der Waals surface area (Å²) in [7, 11) is 0. The fourth-order valence-corrected chi connectivity index (χ4v) is 2.49. The molecule has 0 aliphatic heterocycles. The monoisotopic (exact) mass is 262 g/mol. The van der Waals surface area contributed by atoms with Gasteiger partial charge in [-0.3, -0.25) is 4.79 Å². The zero-order chi connectivity index (χ0) is 13.9. The number of carboxylic acid groups (broad SMARTS) is 1. The Hall–Kier alpha value is -1.91. The van der Waals surface area contributed by atoms with E-state index >= 15 is 0 Å². The van der Waals surface area contributed by atoms with Crippen LogP contribution in [0.4, 0.5) is 0 Å². The average molecular weight is 262 g/mol. The number of carboxylic acids is 1. The van der Waals surface area contributed by atoms with E-state index in [0.717, 1.165) is 12.8 Å². The van der Waals surface area contributed by atoms with Crippen molar-refractivity contribution < 1.29 is 14.7 Å². The standard InChI is InChI=1S/C14H18N2O3/c1-14(5-2-3-6-14)9-16-12(17)10-4-7-15-11(8-10)13(18)19/h4,7-8H,2-3,5-6,9H2,1H3,(H,16,17)(H,18,19). The van der Waals surface area contributed by atoms with E-state index in [1.807, 2.05) is 0 Å². The molecule has 1 aliphatic rings. The maximum absolute atomic E-state index is 12.0. The van der Waals surface area contributed by atoms with E-state index in [1.165, 1.54) is 31.2 Å². The number of hydrogen-bond donors (Lipinski definition) is 2. The fourth-order valence-electron chi connectivity index (χ4n) is 2.49. The van der Waals surface area contributed by atoms with Crippen LogP contribution in [0, 0.1) is 5.41 Å². The molecule has 1 saturated carbocycles. The first-order chi connectivity index (χ1) is 9.00. The van der Waals surface area contributed by atoms with Gasteiger partial charge in [0.05, 0.1) is 0 Å². The highest BCUT2D eigenvalue weighted by molar-refractivity contribution is 5.96. The first-order valence-electron chi connectivity index (χ1n) is 6.48. The van der Waals surface area contributed by atoms with Gasteiger partial charge in [0.25, 0.3) is 5.91 Å². The van der Waals surface area contributed by atoms with Crippen molar-refractivity contribution in [1.29, 1.82) is 0 Å². The van der Waals surface area contributed by atoms with Gasteiger partial charge in [0.2, 0.25) is 0 Å². The molecule has 1 amide bonds. The van der Waals surface area contributed by atoms with Gasteiger partial charge in [-0.1, -0.05) is 19.8 Å². The molecule has 1 heterocycles. The molecule has 19 heavy (non-hydrogen) atoms. The smallest absolute Gasteiger partial charge is 0.354 e. The average Bonchev–Trinajstić information content (AvgIpc) is 2.83. The van der Waals surface area contributed by atoms with E-state index in [-0.39, 0.29) is 17.0 Å². The molecule has 5 heteroatoms. The molecule has 0 aromatic carbocycles. The number of carbonyl (C=O) groups is 2. The summed E-state index contributed by atoms with van der Waals surface area (Å²) in [5.41, 5.74) is 0.409. The van der Waals surface area contributed by atoms with E-state index in [0.29, 0.717) is 12.1 Å². The molecule has 0 atom stereocenters. The SMILES string of the molecule is CC1(CNC(=O)c2ccnc(C(=O)O)c2)CCCC1. The summed E-state index contributed by atoms with van der Waals surface area (Å²) in [6.07, 6.45) is 6.03. The van der Waals surface area contributed by atoms with Crippen LogP contribution in [-0.4, -0.2) is 28.5 Å². The maximum atomic E-state index is 12.0. The van der Waals surface area contributed by atoms with Crippen LogP contribution in [0.3, 0.4) is 0 Å². The molecular formula is C14H18N2O3. The van der Waals surface area contributed by atoms with Gasteiger partial charge in [-0.15, -0.1) is 0 Å². The lowest BCUT2D eigenvalue weighted by Gasteiger charge is -2.23. The molecule has 0 spiro atoms. The van der Waals surface area contributed by atoms with Crippen LogP contribution in [0.25, 0.3) is 0 Å². The number of aromatic nitrogens is 1. The fraction of sp³-hybridized carbons (Fsp3) is 0.500. The third-order valence-electron chi connectivity index (χ3n) is 3.73.